The molecule has 3 rings (SSSR count). The molecule has 33 heavy (non-hydrogen) atoms. The largest absolute Gasteiger partial charge is 0.484 e. The van der Waals surface area contributed by atoms with Crippen molar-refractivity contribution in [2.75, 3.05) is 13.2 Å². The van der Waals surface area contributed by atoms with E-state index in [4.69, 9.17) is 9.47 Å². The average Bonchev–Trinajstić information content (AvgIpc) is 2.81. The van der Waals surface area contributed by atoms with Crippen molar-refractivity contribution in [2.24, 2.45) is 11.8 Å². The summed E-state index contributed by atoms with van der Waals surface area (Å²) in [5.41, 5.74) is 0.946. The van der Waals surface area contributed by atoms with Crippen LogP contribution in [0.4, 0.5) is 13.2 Å². The number of hydrogen-bond donors (Lipinski definition) is 0. The summed E-state index contributed by atoms with van der Waals surface area (Å²) in [6.07, 6.45) is 12.7. The predicted molar refractivity (Wildman–Crippen MR) is 128 cm³/mol. The Bertz CT molecular complexity index is 720. The van der Waals surface area contributed by atoms with Gasteiger partial charge in [0.25, 0.3) is 5.92 Å². The van der Waals surface area contributed by atoms with E-state index in [9.17, 15) is 13.2 Å². The van der Waals surface area contributed by atoms with Crippen LogP contribution in [0.2, 0.25) is 0 Å². The molecule has 186 valence electrons. The molecule has 0 amide bonds. The van der Waals surface area contributed by atoms with Crippen molar-refractivity contribution in [1.29, 1.82) is 0 Å². The van der Waals surface area contributed by atoms with Crippen LogP contribution in [0, 0.1) is 17.7 Å². The molecule has 1 saturated heterocycles. The zero-order valence-electron chi connectivity index (χ0n) is 20.2. The highest BCUT2D eigenvalue weighted by Crippen LogP contribution is 2.39. The molecule has 1 aromatic rings. The fourth-order valence-electron chi connectivity index (χ4n) is 5.34. The second-order valence-electron chi connectivity index (χ2n) is 10.2. The Labute approximate surface area is 197 Å². The summed E-state index contributed by atoms with van der Waals surface area (Å²) in [5, 5.41) is 0. The smallest absolute Gasteiger partial charge is 0.283 e. The van der Waals surface area contributed by atoms with Gasteiger partial charge in [0.15, 0.2) is 18.2 Å². The monoisotopic (exact) mass is 466 g/mol. The lowest BCUT2D eigenvalue weighted by Gasteiger charge is -2.31. The first kappa shape index (κ1) is 26.1. The van der Waals surface area contributed by atoms with Gasteiger partial charge in [-0.25, -0.2) is 13.2 Å². The number of ether oxygens (including phenoxy) is 2. The summed E-state index contributed by atoms with van der Waals surface area (Å²) >= 11 is 0. The van der Waals surface area contributed by atoms with Gasteiger partial charge in [0, 0.05) is 13.0 Å². The maximum atomic E-state index is 14.6. The molecule has 1 aliphatic carbocycles. The molecule has 5 heteroatoms. The van der Waals surface area contributed by atoms with E-state index in [1.807, 2.05) is 12.1 Å². The fourth-order valence-corrected chi connectivity index (χ4v) is 5.34. The number of allylic oxidation sites excluding steroid dienone is 1. The number of unbranched alkanes of at least 4 members (excludes halogenated alkanes) is 1. The van der Waals surface area contributed by atoms with E-state index in [-0.39, 0.29) is 12.2 Å². The Hall–Kier alpha value is -1.49. The lowest BCUT2D eigenvalue weighted by atomic mass is 9.77. The fraction of sp³-hybridized carbons (Fsp3) is 0.714. The summed E-state index contributed by atoms with van der Waals surface area (Å²) < 4.78 is 54.5. The number of alkyl halides is 2. The van der Waals surface area contributed by atoms with E-state index >= 15 is 0 Å². The van der Waals surface area contributed by atoms with Crippen molar-refractivity contribution in [3.8, 4) is 5.75 Å². The van der Waals surface area contributed by atoms with Gasteiger partial charge in [-0.15, -0.1) is 6.58 Å². The Balaban J connectivity index is 1.44. The molecular weight excluding hydrogens is 425 g/mol. The van der Waals surface area contributed by atoms with Gasteiger partial charge in [-0.1, -0.05) is 31.9 Å². The van der Waals surface area contributed by atoms with Crippen molar-refractivity contribution in [1.82, 2.24) is 0 Å². The van der Waals surface area contributed by atoms with Crippen LogP contribution < -0.4 is 4.74 Å². The third kappa shape index (κ3) is 8.35. The van der Waals surface area contributed by atoms with Crippen molar-refractivity contribution in [2.45, 2.75) is 102 Å². The summed E-state index contributed by atoms with van der Waals surface area (Å²) in [7, 11) is 0. The highest BCUT2D eigenvalue weighted by atomic mass is 19.3. The SMILES string of the molecule is C=CCCC1CCC(c2ccc(OCC(F)(F)CC3CCC(CCCC)CO3)c(F)c2)CC1. The molecule has 2 aliphatic rings. The van der Waals surface area contributed by atoms with Crippen LogP contribution in [0.5, 0.6) is 5.75 Å². The molecule has 2 nitrogen and oxygen atoms in total. The zero-order valence-corrected chi connectivity index (χ0v) is 20.2. The molecule has 0 aromatic heterocycles. The van der Waals surface area contributed by atoms with Crippen LogP contribution in [0.25, 0.3) is 0 Å². The van der Waals surface area contributed by atoms with Crippen LogP contribution in [0.15, 0.2) is 30.9 Å². The molecule has 2 fully saturated rings. The molecule has 2 unspecified atom stereocenters. The molecule has 1 aliphatic heterocycles. The van der Waals surface area contributed by atoms with Crippen LogP contribution >= 0.6 is 0 Å². The minimum atomic E-state index is -3.05. The van der Waals surface area contributed by atoms with Gasteiger partial charge in [-0.05, 0) is 93.2 Å². The van der Waals surface area contributed by atoms with E-state index in [2.05, 4.69) is 13.5 Å². The molecule has 0 N–H and O–H groups in total. The Morgan fingerprint density at radius 1 is 1.09 bits per heavy atom. The van der Waals surface area contributed by atoms with Crippen LogP contribution in [0.1, 0.15) is 95.5 Å². The van der Waals surface area contributed by atoms with Crippen molar-refractivity contribution in [3.05, 3.63) is 42.2 Å². The molecule has 1 saturated carbocycles. The number of benzene rings is 1. The van der Waals surface area contributed by atoms with E-state index in [0.29, 0.717) is 24.9 Å². The van der Waals surface area contributed by atoms with Gasteiger partial charge < -0.3 is 9.47 Å². The number of hydrogen-bond acceptors (Lipinski definition) is 2. The standard InChI is InChI=1S/C28H41F3O2/c1-3-5-7-21-9-12-23(13-10-21)24-14-16-27(26(29)17-24)33-20-28(30,31)18-25-15-11-22(19-32-25)8-6-4-2/h3,14,16-17,21-23,25H,1,4-13,15,18-20H2,2H3. The van der Waals surface area contributed by atoms with E-state index in [1.165, 1.54) is 18.6 Å². The van der Waals surface area contributed by atoms with Gasteiger partial charge in [-0.3, -0.25) is 0 Å². The van der Waals surface area contributed by atoms with Crippen molar-refractivity contribution < 1.29 is 22.6 Å². The lowest BCUT2D eigenvalue weighted by molar-refractivity contribution is -0.108. The third-order valence-corrected chi connectivity index (χ3v) is 7.45. The Kier molecular flexibility index (Phi) is 10.2. The third-order valence-electron chi connectivity index (χ3n) is 7.45. The lowest BCUT2D eigenvalue weighted by Crippen LogP contribution is -2.35. The minimum absolute atomic E-state index is 0.0951. The van der Waals surface area contributed by atoms with Crippen LogP contribution in [-0.4, -0.2) is 25.2 Å². The normalized spacial score (nSPS) is 26.2. The first-order valence-corrected chi connectivity index (χ1v) is 12.9. The summed E-state index contributed by atoms with van der Waals surface area (Å²) in [4.78, 5) is 0. The van der Waals surface area contributed by atoms with Gasteiger partial charge in [0.2, 0.25) is 0 Å². The Morgan fingerprint density at radius 3 is 2.48 bits per heavy atom. The summed E-state index contributed by atoms with van der Waals surface area (Å²) in [5.74, 6) is -2.15. The summed E-state index contributed by atoms with van der Waals surface area (Å²) in [6.45, 7) is 5.68. The van der Waals surface area contributed by atoms with Gasteiger partial charge >= 0.3 is 0 Å². The van der Waals surface area contributed by atoms with E-state index in [0.717, 1.165) is 69.3 Å². The average molecular weight is 467 g/mol. The second kappa shape index (κ2) is 12.8. The highest BCUT2D eigenvalue weighted by Gasteiger charge is 2.36. The molecule has 2 atom stereocenters. The molecule has 0 radical (unpaired) electrons. The minimum Gasteiger partial charge on any atom is -0.484 e. The van der Waals surface area contributed by atoms with Gasteiger partial charge in [0.1, 0.15) is 0 Å². The molecule has 1 aromatic carbocycles. The number of halogens is 3. The summed E-state index contributed by atoms with van der Waals surface area (Å²) in [6, 6.07) is 4.83. The number of rotatable bonds is 12. The van der Waals surface area contributed by atoms with Crippen LogP contribution in [0.3, 0.4) is 0 Å². The zero-order chi connectivity index (χ0) is 23.7. The maximum absolute atomic E-state index is 14.6. The second-order valence-corrected chi connectivity index (χ2v) is 10.2. The topological polar surface area (TPSA) is 18.5 Å². The van der Waals surface area contributed by atoms with Crippen molar-refractivity contribution in [3.63, 3.8) is 0 Å². The highest BCUT2D eigenvalue weighted by molar-refractivity contribution is 5.31. The van der Waals surface area contributed by atoms with E-state index < -0.39 is 24.5 Å². The first-order chi connectivity index (χ1) is 15.9. The molecule has 1 heterocycles. The molecular formula is C28H41F3O2. The van der Waals surface area contributed by atoms with Gasteiger partial charge in [-0.2, -0.15) is 0 Å². The van der Waals surface area contributed by atoms with Crippen molar-refractivity contribution >= 4 is 0 Å². The first-order valence-electron chi connectivity index (χ1n) is 12.9. The molecule has 0 bridgehead atoms. The predicted octanol–water partition coefficient (Wildman–Crippen LogP) is 8.46. The maximum Gasteiger partial charge on any atom is 0.283 e. The molecule has 0 spiro atoms. The Morgan fingerprint density at radius 2 is 1.85 bits per heavy atom. The van der Waals surface area contributed by atoms with Crippen LogP contribution in [-0.2, 0) is 4.74 Å². The quantitative estimate of drug-likeness (QED) is 0.288. The van der Waals surface area contributed by atoms with E-state index in [1.54, 1.807) is 0 Å². The van der Waals surface area contributed by atoms with Gasteiger partial charge in [0.05, 0.1) is 6.10 Å².